The predicted octanol–water partition coefficient (Wildman–Crippen LogP) is 3.09. The van der Waals surface area contributed by atoms with E-state index in [4.69, 9.17) is 24.5 Å². The van der Waals surface area contributed by atoms with Crippen LogP contribution in [0.1, 0.15) is 39.2 Å². The number of rotatable bonds is 8. The van der Waals surface area contributed by atoms with Gasteiger partial charge in [0, 0.05) is 23.7 Å². The predicted molar refractivity (Wildman–Crippen MR) is 146 cm³/mol. The van der Waals surface area contributed by atoms with Crippen molar-refractivity contribution in [2.75, 3.05) is 19.2 Å². The van der Waals surface area contributed by atoms with E-state index in [1.807, 2.05) is 36.4 Å². The van der Waals surface area contributed by atoms with Crippen molar-refractivity contribution in [1.29, 1.82) is 0 Å². The molecule has 0 radical (unpaired) electrons. The van der Waals surface area contributed by atoms with Crippen molar-refractivity contribution in [3.63, 3.8) is 0 Å². The summed E-state index contributed by atoms with van der Waals surface area (Å²) in [5, 5.41) is 12.0. The van der Waals surface area contributed by atoms with E-state index in [-0.39, 0.29) is 23.9 Å². The first-order valence-electron chi connectivity index (χ1n) is 12.6. The van der Waals surface area contributed by atoms with Gasteiger partial charge in [-0.15, -0.1) is 5.10 Å². The van der Waals surface area contributed by atoms with Gasteiger partial charge < -0.3 is 29.8 Å². The zero-order valence-corrected chi connectivity index (χ0v) is 22.1. The molecule has 0 spiro atoms. The number of aromatic amines is 1. The third kappa shape index (κ3) is 5.01. The van der Waals surface area contributed by atoms with Crippen molar-refractivity contribution >= 4 is 11.6 Å². The number of benzene rings is 3. The monoisotopic (exact) mass is 555 g/mol. The zero-order valence-electron chi connectivity index (χ0n) is 22.1. The molecule has 2 aromatic heterocycles. The lowest BCUT2D eigenvalue weighted by Crippen LogP contribution is -2.21. The van der Waals surface area contributed by atoms with Gasteiger partial charge in [0.1, 0.15) is 6.04 Å². The lowest BCUT2D eigenvalue weighted by Gasteiger charge is -2.24. The normalized spacial score (nSPS) is 13.2. The SMILES string of the molecule is COc1cc(C(Nc2ccc(-c3noc(C)n3)cc2)c2nn(-c3ccccc3C(N)=O)c(=O)[nH]2)cc2c1OCOC2. The highest BCUT2D eigenvalue weighted by molar-refractivity contribution is 5.96. The number of para-hydroxylation sites is 1. The van der Waals surface area contributed by atoms with E-state index in [9.17, 15) is 9.59 Å². The molecular weight excluding hydrogens is 530 g/mol. The number of nitrogens with one attached hydrogen (secondary N) is 2. The number of hydrogen-bond donors (Lipinski definition) is 3. The summed E-state index contributed by atoms with van der Waals surface area (Å²) in [6.07, 6.45) is 0. The Balaban J connectivity index is 1.44. The molecule has 1 unspecified atom stereocenters. The smallest absolute Gasteiger partial charge is 0.348 e. The van der Waals surface area contributed by atoms with Crippen LogP contribution in [-0.4, -0.2) is 44.7 Å². The molecule has 0 aliphatic carbocycles. The Morgan fingerprint density at radius 2 is 1.98 bits per heavy atom. The Labute approximate surface area is 232 Å². The van der Waals surface area contributed by atoms with Crippen LogP contribution in [0, 0.1) is 6.92 Å². The summed E-state index contributed by atoms with van der Waals surface area (Å²) in [4.78, 5) is 32.3. The number of aromatic nitrogens is 5. The number of aryl methyl sites for hydroxylation is 1. The molecule has 6 rings (SSSR count). The summed E-state index contributed by atoms with van der Waals surface area (Å²) in [6.45, 7) is 2.16. The van der Waals surface area contributed by atoms with Gasteiger partial charge in [0.25, 0.3) is 5.91 Å². The van der Waals surface area contributed by atoms with Gasteiger partial charge in [-0.1, -0.05) is 17.3 Å². The van der Waals surface area contributed by atoms with Crippen molar-refractivity contribution < 1.29 is 23.5 Å². The van der Waals surface area contributed by atoms with Crippen LogP contribution in [0.3, 0.4) is 0 Å². The Bertz CT molecular complexity index is 1770. The van der Waals surface area contributed by atoms with E-state index >= 15 is 0 Å². The maximum atomic E-state index is 13.1. The maximum Gasteiger partial charge on any atom is 0.348 e. The molecule has 0 fully saturated rings. The zero-order chi connectivity index (χ0) is 28.5. The van der Waals surface area contributed by atoms with E-state index in [2.05, 4.69) is 25.5 Å². The van der Waals surface area contributed by atoms with Crippen molar-refractivity contribution in [3.8, 4) is 28.6 Å². The molecular formula is C28H25N7O6. The van der Waals surface area contributed by atoms with Gasteiger partial charge in [-0.2, -0.15) is 9.67 Å². The van der Waals surface area contributed by atoms with Gasteiger partial charge in [0.2, 0.25) is 11.7 Å². The fraction of sp³-hybridized carbons (Fsp3) is 0.179. The lowest BCUT2D eigenvalue weighted by atomic mass is 10.0. The van der Waals surface area contributed by atoms with Crippen molar-refractivity contribution in [2.24, 2.45) is 5.73 Å². The second-order valence-corrected chi connectivity index (χ2v) is 9.22. The minimum absolute atomic E-state index is 0.119. The van der Waals surface area contributed by atoms with E-state index in [1.54, 1.807) is 32.2 Å². The topological polar surface area (TPSA) is 172 Å². The van der Waals surface area contributed by atoms with Gasteiger partial charge >= 0.3 is 5.69 Å². The summed E-state index contributed by atoms with van der Waals surface area (Å²) < 4.78 is 23.0. The fourth-order valence-corrected chi connectivity index (χ4v) is 4.63. The average Bonchev–Trinajstić information content (AvgIpc) is 3.60. The Morgan fingerprint density at radius 3 is 2.71 bits per heavy atom. The number of nitrogens with zero attached hydrogens (tertiary/aromatic N) is 4. The van der Waals surface area contributed by atoms with Gasteiger partial charge in [-0.05, 0) is 54.1 Å². The summed E-state index contributed by atoms with van der Waals surface area (Å²) in [7, 11) is 1.55. The first-order valence-corrected chi connectivity index (χ1v) is 12.6. The van der Waals surface area contributed by atoms with Crippen molar-refractivity contribution in [2.45, 2.75) is 19.6 Å². The molecule has 3 heterocycles. The van der Waals surface area contributed by atoms with Crippen LogP contribution in [0.15, 0.2) is 70.0 Å². The quantitative estimate of drug-likeness (QED) is 0.258. The van der Waals surface area contributed by atoms with E-state index in [0.717, 1.165) is 27.1 Å². The van der Waals surface area contributed by atoms with Crippen LogP contribution < -0.4 is 26.2 Å². The van der Waals surface area contributed by atoms with Crippen LogP contribution in [0.25, 0.3) is 17.1 Å². The highest BCUT2D eigenvalue weighted by Crippen LogP contribution is 2.39. The Kier molecular flexibility index (Phi) is 6.69. The number of hydrogen-bond acceptors (Lipinski definition) is 10. The molecule has 1 aliphatic rings. The summed E-state index contributed by atoms with van der Waals surface area (Å²) in [5.41, 5.74) is 8.43. The molecule has 1 atom stereocenters. The van der Waals surface area contributed by atoms with E-state index in [1.165, 1.54) is 6.07 Å². The van der Waals surface area contributed by atoms with E-state index < -0.39 is 17.6 Å². The number of carbonyl (C=O) groups excluding carboxylic acids is 1. The number of primary amides is 1. The first-order chi connectivity index (χ1) is 19.9. The van der Waals surface area contributed by atoms with Gasteiger partial charge in [0.15, 0.2) is 24.1 Å². The molecule has 5 aromatic rings. The number of methoxy groups -OCH3 is 1. The molecule has 208 valence electrons. The highest BCUT2D eigenvalue weighted by atomic mass is 16.7. The second kappa shape index (κ2) is 10.6. The van der Waals surface area contributed by atoms with E-state index in [0.29, 0.717) is 29.8 Å². The second-order valence-electron chi connectivity index (χ2n) is 9.22. The molecule has 41 heavy (non-hydrogen) atoms. The van der Waals surface area contributed by atoms with Gasteiger partial charge in [0.05, 0.1) is 25.0 Å². The van der Waals surface area contributed by atoms with Crippen molar-refractivity contribution in [1.82, 2.24) is 24.9 Å². The molecule has 4 N–H and O–H groups in total. The highest BCUT2D eigenvalue weighted by Gasteiger charge is 2.26. The Hall–Kier alpha value is -5.43. The number of H-pyrrole nitrogens is 1. The Morgan fingerprint density at radius 1 is 1.17 bits per heavy atom. The number of nitrogens with two attached hydrogens (primary N) is 1. The maximum absolute atomic E-state index is 13.1. The van der Waals surface area contributed by atoms with Crippen LogP contribution >= 0.6 is 0 Å². The minimum atomic E-state index is -0.678. The largest absolute Gasteiger partial charge is 0.493 e. The number of carbonyl (C=O) groups is 1. The minimum Gasteiger partial charge on any atom is -0.493 e. The van der Waals surface area contributed by atoms with Crippen molar-refractivity contribution in [3.05, 3.63) is 99.6 Å². The van der Waals surface area contributed by atoms with Gasteiger partial charge in [-0.3, -0.25) is 9.78 Å². The summed E-state index contributed by atoms with van der Waals surface area (Å²) >= 11 is 0. The summed E-state index contributed by atoms with van der Waals surface area (Å²) in [5.74, 6) is 1.65. The third-order valence-electron chi connectivity index (χ3n) is 6.54. The van der Waals surface area contributed by atoms with Crippen LogP contribution in [0.4, 0.5) is 5.69 Å². The van der Waals surface area contributed by atoms with Crippen LogP contribution in [0.5, 0.6) is 11.5 Å². The fourth-order valence-electron chi connectivity index (χ4n) is 4.63. The standard InChI is InChI=1S/C28H25N7O6/c1-15-30-26(34-41-15)16-7-9-19(10-8-16)31-23(17-11-18-13-39-14-40-24(18)22(12-17)38-2)27-32-28(37)35(33-27)21-6-4-3-5-20(21)25(29)36/h3-12,23,31H,13-14H2,1-2H3,(H2,29,36)(H,32,33,37). The molecule has 1 amide bonds. The molecule has 3 aromatic carbocycles. The molecule has 0 saturated carbocycles. The van der Waals surface area contributed by atoms with Crippen LogP contribution in [-0.2, 0) is 11.3 Å². The first kappa shape index (κ1) is 25.8. The lowest BCUT2D eigenvalue weighted by molar-refractivity contribution is -0.0180. The number of anilines is 1. The number of fused-ring (bicyclic) bond motifs is 1. The molecule has 13 nitrogen and oxygen atoms in total. The number of ether oxygens (including phenoxy) is 3. The molecule has 13 heteroatoms. The third-order valence-corrected chi connectivity index (χ3v) is 6.54. The average molecular weight is 556 g/mol. The molecule has 1 aliphatic heterocycles. The van der Waals surface area contributed by atoms with Crippen LogP contribution in [0.2, 0.25) is 0 Å². The molecule has 0 bridgehead atoms. The molecule has 0 saturated heterocycles. The summed E-state index contributed by atoms with van der Waals surface area (Å²) in [6, 6.07) is 17.0. The number of amides is 1. The van der Waals surface area contributed by atoms with Gasteiger partial charge in [-0.25, -0.2) is 4.79 Å².